The maximum absolute atomic E-state index is 13.9. The number of hydrogen-bond acceptors (Lipinski definition) is 3. The fraction of sp³-hybridized carbons (Fsp3) is 0.538. The fourth-order valence-corrected chi connectivity index (χ4v) is 3.27. The molecule has 2 heterocycles. The zero-order chi connectivity index (χ0) is 11.7. The normalized spacial score (nSPS) is 24.9. The number of benzene rings is 1. The smallest absolute Gasteiger partial charge is 0.137 e. The van der Waals surface area contributed by atoms with Crippen LogP contribution in [0.5, 0.6) is 0 Å². The molecule has 0 spiro atoms. The van der Waals surface area contributed by atoms with Gasteiger partial charge in [-0.25, -0.2) is 4.39 Å². The third-order valence-corrected chi connectivity index (χ3v) is 4.51. The SMILES string of the molecule is Fc1cc(C2CCCN2)ccc1SC1COC1. The van der Waals surface area contributed by atoms with Gasteiger partial charge in [-0.2, -0.15) is 0 Å². The van der Waals surface area contributed by atoms with Crippen LogP contribution in [0.2, 0.25) is 0 Å². The van der Waals surface area contributed by atoms with Crippen LogP contribution in [0.4, 0.5) is 4.39 Å². The van der Waals surface area contributed by atoms with Crippen molar-refractivity contribution in [3.8, 4) is 0 Å². The van der Waals surface area contributed by atoms with E-state index in [2.05, 4.69) is 5.32 Å². The Bertz CT molecular complexity index is 402. The van der Waals surface area contributed by atoms with Gasteiger partial charge in [0.1, 0.15) is 5.82 Å². The van der Waals surface area contributed by atoms with Crippen molar-refractivity contribution in [2.45, 2.75) is 29.0 Å². The van der Waals surface area contributed by atoms with E-state index in [0.717, 1.165) is 36.6 Å². The second-order valence-electron chi connectivity index (χ2n) is 4.62. The zero-order valence-electron chi connectivity index (χ0n) is 9.62. The van der Waals surface area contributed by atoms with E-state index >= 15 is 0 Å². The molecule has 0 radical (unpaired) electrons. The van der Waals surface area contributed by atoms with Crippen LogP contribution >= 0.6 is 11.8 Å². The summed E-state index contributed by atoms with van der Waals surface area (Å²) in [6.45, 7) is 2.54. The average molecular weight is 253 g/mol. The summed E-state index contributed by atoms with van der Waals surface area (Å²) in [4.78, 5) is 0.750. The van der Waals surface area contributed by atoms with Gasteiger partial charge < -0.3 is 10.1 Å². The van der Waals surface area contributed by atoms with E-state index in [1.54, 1.807) is 17.8 Å². The third-order valence-electron chi connectivity index (χ3n) is 3.32. The van der Waals surface area contributed by atoms with Crippen LogP contribution in [0.25, 0.3) is 0 Å². The lowest BCUT2D eigenvalue weighted by Gasteiger charge is -2.25. The molecule has 0 aliphatic carbocycles. The van der Waals surface area contributed by atoms with E-state index in [1.165, 1.54) is 6.42 Å². The van der Waals surface area contributed by atoms with E-state index in [0.29, 0.717) is 11.3 Å². The van der Waals surface area contributed by atoms with Crippen molar-refractivity contribution >= 4 is 11.8 Å². The van der Waals surface area contributed by atoms with Gasteiger partial charge in [-0.3, -0.25) is 0 Å². The third kappa shape index (κ3) is 2.49. The van der Waals surface area contributed by atoms with E-state index in [1.807, 2.05) is 12.1 Å². The average Bonchev–Trinajstić information content (AvgIpc) is 2.78. The second-order valence-corrected chi connectivity index (χ2v) is 5.96. The molecule has 1 N–H and O–H groups in total. The predicted molar refractivity (Wildman–Crippen MR) is 66.8 cm³/mol. The monoisotopic (exact) mass is 253 g/mol. The van der Waals surface area contributed by atoms with Crippen LogP contribution in [0.1, 0.15) is 24.4 Å². The zero-order valence-corrected chi connectivity index (χ0v) is 10.4. The van der Waals surface area contributed by atoms with Gasteiger partial charge in [0.15, 0.2) is 0 Å². The molecule has 2 saturated heterocycles. The lowest BCUT2D eigenvalue weighted by molar-refractivity contribution is 0.0455. The van der Waals surface area contributed by atoms with Crippen LogP contribution in [0, 0.1) is 5.82 Å². The van der Waals surface area contributed by atoms with Crippen LogP contribution in [0.3, 0.4) is 0 Å². The highest BCUT2D eigenvalue weighted by Gasteiger charge is 2.22. The number of rotatable bonds is 3. The van der Waals surface area contributed by atoms with Crippen molar-refractivity contribution < 1.29 is 9.13 Å². The molecule has 3 rings (SSSR count). The van der Waals surface area contributed by atoms with Crippen molar-refractivity contribution in [3.63, 3.8) is 0 Å². The molecule has 92 valence electrons. The van der Waals surface area contributed by atoms with E-state index in [-0.39, 0.29) is 5.82 Å². The van der Waals surface area contributed by atoms with Gasteiger partial charge in [0.25, 0.3) is 0 Å². The molecule has 17 heavy (non-hydrogen) atoms. The van der Waals surface area contributed by atoms with Gasteiger partial charge in [-0.15, -0.1) is 11.8 Å². The maximum Gasteiger partial charge on any atom is 0.137 e. The minimum Gasteiger partial charge on any atom is -0.379 e. The number of halogens is 1. The molecule has 4 heteroatoms. The highest BCUT2D eigenvalue weighted by Crippen LogP contribution is 2.32. The first-order chi connectivity index (χ1) is 8.33. The lowest BCUT2D eigenvalue weighted by atomic mass is 10.1. The van der Waals surface area contributed by atoms with Gasteiger partial charge in [-0.1, -0.05) is 6.07 Å². The highest BCUT2D eigenvalue weighted by molar-refractivity contribution is 8.00. The van der Waals surface area contributed by atoms with Crippen molar-refractivity contribution in [2.75, 3.05) is 19.8 Å². The Hall–Kier alpha value is -0.580. The molecule has 1 aromatic rings. The Kier molecular flexibility index (Phi) is 3.36. The minimum atomic E-state index is -0.0897. The van der Waals surface area contributed by atoms with Gasteiger partial charge >= 0.3 is 0 Å². The van der Waals surface area contributed by atoms with Crippen molar-refractivity contribution in [1.29, 1.82) is 0 Å². The highest BCUT2D eigenvalue weighted by atomic mass is 32.2. The molecule has 0 aromatic heterocycles. The first kappa shape index (κ1) is 11.5. The summed E-state index contributed by atoms with van der Waals surface area (Å²) in [7, 11) is 0. The molecule has 1 aromatic carbocycles. The Morgan fingerprint density at radius 1 is 1.35 bits per heavy atom. The summed E-state index contributed by atoms with van der Waals surface area (Å²) in [5.41, 5.74) is 1.08. The quantitative estimate of drug-likeness (QED) is 0.895. The molecule has 1 atom stereocenters. The molecular formula is C13H16FNOS. The number of ether oxygens (including phenoxy) is 1. The van der Waals surface area contributed by atoms with Gasteiger partial charge in [0, 0.05) is 10.9 Å². The number of thioether (sulfide) groups is 1. The first-order valence-corrected chi connectivity index (χ1v) is 6.98. The summed E-state index contributed by atoms with van der Waals surface area (Å²) in [6, 6.07) is 5.99. The Morgan fingerprint density at radius 2 is 2.24 bits per heavy atom. The molecule has 2 nitrogen and oxygen atoms in total. The largest absolute Gasteiger partial charge is 0.379 e. The van der Waals surface area contributed by atoms with E-state index < -0.39 is 0 Å². The Labute approximate surface area is 105 Å². The minimum absolute atomic E-state index is 0.0897. The van der Waals surface area contributed by atoms with E-state index in [4.69, 9.17) is 4.74 Å². The Balaban J connectivity index is 1.73. The number of nitrogens with one attached hydrogen (secondary N) is 1. The summed E-state index contributed by atoms with van der Waals surface area (Å²) in [5.74, 6) is -0.0897. The van der Waals surface area contributed by atoms with Crippen LogP contribution in [-0.2, 0) is 4.74 Å². The standard InChI is InChI=1S/C13H16FNOS/c14-11-6-9(12-2-1-5-15-12)3-4-13(11)17-10-7-16-8-10/h3-4,6,10,12,15H,1-2,5,7-8H2. The van der Waals surface area contributed by atoms with E-state index in [9.17, 15) is 4.39 Å². The summed E-state index contributed by atoms with van der Waals surface area (Å²) in [6.07, 6.45) is 2.30. The van der Waals surface area contributed by atoms with Crippen LogP contribution in [-0.4, -0.2) is 25.0 Å². The first-order valence-electron chi connectivity index (χ1n) is 6.10. The molecular weight excluding hydrogens is 237 g/mol. The van der Waals surface area contributed by atoms with Crippen molar-refractivity contribution in [3.05, 3.63) is 29.6 Å². The van der Waals surface area contributed by atoms with Crippen LogP contribution in [0.15, 0.2) is 23.1 Å². The summed E-state index contributed by atoms with van der Waals surface area (Å²) in [5, 5.41) is 3.82. The van der Waals surface area contributed by atoms with Gasteiger partial charge in [0.2, 0.25) is 0 Å². The van der Waals surface area contributed by atoms with Gasteiger partial charge in [-0.05, 0) is 37.1 Å². The fourth-order valence-electron chi connectivity index (χ4n) is 2.26. The molecule has 0 bridgehead atoms. The maximum atomic E-state index is 13.9. The molecule has 0 saturated carbocycles. The van der Waals surface area contributed by atoms with Crippen molar-refractivity contribution in [1.82, 2.24) is 5.32 Å². The topological polar surface area (TPSA) is 21.3 Å². The number of hydrogen-bond donors (Lipinski definition) is 1. The van der Waals surface area contributed by atoms with Gasteiger partial charge in [0.05, 0.1) is 18.5 Å². The van der Waals surface area contributed by atoms with Crippen LogP contribution < -0.4 is 5.32 Å². The molecule has 2 aliphatic heterocycles. The summed E-state index contributed by atoms with van der Waals surface area (Å²) >= 11 is 1.59. The molecule has 1 unspecified atom stereocenters. The van der Waals surface area contributed by atoms with Crippen molar-refractivity contribution in [2.24, 2.45) is 0 Å². The lowest BCUT2D eigenvalue weighted by Crippen LogP contribution is -2.30. The summed E-state index contributed by atoms with van der Waals surface area (Å²) < 4.78 is 19.0. The molecule has 2 fully saturated rings. The predicted octanol–water partition coefficient (Wildman–Crippen LogP) is 2.74. The molecule has 0 amide bonds. The second kappa shape index (κ2) is 4.96. The molecule has 2 aliphatic rings. The Morgan fingerprint density at radius 3 is 2.82 bits per heavy atom.